The van der Waals surface area contributed by atoms with Gasteiger partial charge in [-0.25, -0.2) is 0 Å². The quantitative estimate of drug-likeness (QED) is 0.228. The highest BCUT2D eigenvalue weighted by Crippen LogP contribution is 2.20. The Labute approximate surface area is 164 Å². The molecule has 0 aromatic carbocycles. The van der Waals surface area contributed by atoms with Crippen molar-refractivity contribution in [3.05, 3.63) is 0 Å². The second kappa shape index (κ2) is 18.2. The van der Waals surface area contributed by atoms with E-state index in [0.29, 0.717) is 0 Å². The minimum absolute atomic E-state index is 0.106. The number of esters is 1. The van der Waals surface area contributed by atoms with E-state index in [2.05, 4.69) is 6.92 Å². The first-order valence-electron chi connectivity index (χ1n) is 10.7. The first-order chi connectivity index (χ1) is 13.0. The molecule has 0 aromatic heterocycles. The van der Waals surface area contributed by atoms with E-state index in [9.17, 15) is 14.7 Å². The normalized spacial score (nSPS) is 13.3. The second-order valence-electron chi connectivity index (χ2n) is 7.42. The third kappa shape index (κ3) is 16.7. The maximum atomic E-state index is 12.2. The molecule has 0 aromatic rings. The van der Waals surface area contributed by atoms with Gasteiger partial charge in [0.25, 0.3) is 0 Å². The van der Waals surface area contributed by atoms with Crippen LogP contribution in [-0.2, 0) is 14.3 Å². The zero-order valence-corrected chi connectivity index (χ0v) is 17.0. The molecule has 3 N–H and O–H groups in total. The number of aliphatic carboxylic acids is 1. The average Bonchev–Trinajstić information content (AvgIpc) is 2.65. The number of carboxylic acid groups (broad SMARTS) is 1. The Bertz CT molecular complexity index is 372. The lowest BCUT2D eigenvalue weighted by molar-refractivity contribution is -0.152. The summed E-state index contributed by atoms with van der Waals surface area (Å²) in [7, 11) is 0. The van der Waals surface area contributed by atoms with E-state index in [0.717, 1.165) is 70.6 Å². The number of hydrogen-bond donors (Lipinski definition) is 3. The number of aliphatic hydroxyl groups excluding tert-OH is 2. The van der Waals surface area contributed by atoms with Crippen molar-refractivity contribution in [3.8, 4) is 0 Å². The predicted molar refractivity (Wildman–Crippen MR) is 105 cm³/mol. The van der Waals surface area contributed by atoms with Gasteiger partial charge in [0, 0.05) is 6.42 Å². The van der Waals surface area contributed by atoms with E-state index < -0.39 is 18.7 Å². The van der Waals surface area contributed by atoms with Crippen molar-refractivity contribution in [1.29, 1.82) is 0 Å². The number of hydrogen-bond acceptors (Lipinski definition) is 5. The Morgan fingerprint density at radius 3 is 1.89 bits per heavy atom. The molecule has 0 amide bonds. The van der Waals surface area contributed by atoms with E-state index in [1.54, 1.807) is 0 Å². The van der Waals surface area contributed by atoms with Gasteiger partial charge in [0.1, 0.15) is 12.7 Å². The van der Waals surface area contributed by atoms with Crippen LogP contribution in [0.1, 0.15) is 96.8 Å². The molecule has 0 aliphatic heterocycles. The highest BCUT2D eigenvalue weighted by Gasteiger charge is 2.20. The molecular weight excluding hydrogens is 348 g/mol. The number of unbranched alkanes of at least 4 members (excludes halogenated alkanes) is 9. The fourth-order valence-electron chi connectivity index (χ4n) is 3.08. The van der Waals surface area contributed by atoms with Crippen LogP contribution in [0.25, 0.3) is 0 Å². The van der Waals surface area contributed by atoms with Gasteiger partial charge in [-0.2, -0.15) is 0 Å². The largest absolute Gasteiger partial charge is 0.481 e. The molecule has 0 spiro atoms. The smallest absolute Gasteiger partial charge is 0.309 e. The molecule has 0 bridgehead atoms. The summed E-state index contributed by atoms with van der Waals surface area (Å²) >= 11 is 0. The molecule has 0 rings (SSSR count). The molecule has 0 heterocycles. The highest BCUT2D eigenvalue weighted by atomic mass is 16.5. The van der Waals surface area contributed by atoms with Crippen molar-refractivity contribution < 1.29 is 29.6 Å². The van der Waals surface area contributed by atoms with Crippen LogP contribution in [0.5, 0.6) is 0 Å². The first-order valence-corrected chi connectivity index (χ1v) is 10.7. The Balaban J connectivity index is 3.74. The third-order valence-corrected chi connectivity index (χ3v) is 4.81. The summed E-state index contributed by atoms with van der Waals surface area (Å²) in [4.78, 5) is 22.6. The van der Waals surface area contributed by atoms with Crippen molar-refractivity contribution >= 4 is 11.9 Å². The lowest BCUT2D eigenvalue weighted by Crippen LogP contribution is -2.25. The molecular formula is C21H40O6. The van der Waals surface area contributed by atoms with Crippen molar-refractivity contribution in [2.24, 2.45) is 5.92 Å². The Kier molecular flexibility index (Phi) is 17.5. The van der Waals surface area contributed by atoms with E-state index in [1.807, 2.05) is 0 Å². The third-order valence-electron chi connectivity index (χ3n) is 4.81. The van der Waals surface area contributed by atoms with E-state index in [1.165, 1.54) is 12.8 Å². The van der Waals surface area contributed by atoms with Crippen LogP contribution in [0.15, 0.2) is 0 Å². The first kappa shape index (κ1) is 25.9. The fraction of sp³-hybridized carbons (Fsp3) is 0.905. The van der Waals surface area contributed by atoms with Gasteiger partial charge in [0.15, 0.2) is 0 Å². The number of rotatable bonds is 19. The van der Waals surface area contributed by atoms with Crippen LogP contribution in [0.3, 0.4) is 0 Å². The van der Waals surface area contributed by atoms with Gasteiger partial charge in [0.2, 0.25) is 0 Å². The molecule has 160 valence electrons. The number of ether oxygens (including phenoxy) is 1. The molecule has 2 unspecified atom stereocenters. The summed E-state index contributed by atoms with van der Waals surface area (Å²) in [5.41, 5.74) is 0. The Morgan fingerprint density at radius 1 is 0.852 bits per heavy atom. The lowest BCUT2D eigenvalue weighted by Gasteiger charge is -2.17. The van der Waals surface area contributed by atoms with Gasteiger partial charge in [-0.3, -0.25) is 9.59 Å². The average molecular weight is 389 g/mol. The van der Waals surface area contributed by atoms with Gasteiger partial charge < -0.3 is 20.1 Å². The minimum atomic E-state index is -0.995. The van der Waals surface area contributed by atoms with Crippen molar-refractivity contribution in [2.45, 2.75) is 103 Å². The van der Waals surface area contributed by atoms with Crippen molar-refractivity contribution in [3.63, 3.8) is 0 Å². The summed E-state index contributed by atoms with van der Waals surface area (Å²) in [5.74, 6) is -1.07. The minimum Gasteiger partial charge on any atom is -0.481 e. The topological polar surface area (TPSA) is 104 Å². The number of carbonyl (C=O) groups excluding carboxylic acids is 1. The molecule has 2 atom stereocenters. The van der Waals surface area contributed by atoms with Gasteiger partial charge in [0.05, 0.1) is 12.5 Å². The maximum absolute atomic E-state index is 12.2. The summed E-state index contributed by atoms with van der Waals surface area (Å²) in [6.45, 7) is 1.57. The molecule has 0 saturated carbocycles. The maximum Gasteiger partial charge on any atom is 0.309 e. The Hall–Kier alpha value is -1.14. The van der Waals surface area contributed by atoms with E-state index in [4.69, 9.17) is 14.9 Å². The van der Waals surface area contributed by atoms with Gasteiger partial charge in [-0.15, -0.1) is 0 Å². The highest BCUT2D eigenvalue weighted by molar-refractivity contribution is 5.72. The molecule has 6 heteroatoms. The molecule has 0 aliphatic rings. The van der Waals surface area contributed by atoms with Crippen LogP contribution in [-0.4, -0.2) is 46.6 Å². The van der Waals surface area contributed by atoms with Crippen molar-refractivity contribution in [2.75, 3.05) is 13.2 Å². The lowest BCUT2D eigenvalue weighted by atomic mass is 9.95. The zero-order valence-electron chi connectivity index (χ0n) is 17.0. The molecule has 0 aliphatic carbocycles. The summed E-state index contributed by atoms with van der Waals surface area (Å²) < 4.78 is 5.13. The van der Waals surface area contributed by atoms with Crippen LogP contribution < -0.4 is 0 Å². The number of carbonyl (C=O) groups is 2. The van der Waals surface area contributed by atoms with Crippen LogP contribution in [0.4, 0.5) is 0 Å². The van der Waals surface area contributed by atoms with Crippen molar-refractivity contribution in [1.82, 2.24) is 0 Å². The standard InChI is InChI=1S/C21H40O6/c1-2-3-13-18(21(26)27-17-19(23)16-22)14-11-9-7-5-4-6-8-10-12-15-20(24)25/h18-19,22-23H,2-17H2,1H3,(H,24,25). The molecule has 27 heavy (non-hydrogen) atoms. The molecule has 0 saturated heterocycles. The number of aliphatic hydroxyl groups is 2. The van der Waals surface area contributed by atoms with Crippen LogP contribution >= 0.6 is 0 Å². The SMILES string of the molecule is CCCCC(CCCCCCCCCCCC(=O)O)C(=O)OCC(O)CO. The van der Waals surface area contributed by atoms with Gasteiger partial charge in [-0.05, 0) is 19.3 Å². The van der Waals surface area contributed by atoms with E-state index in [-0.39, 0.29) is 24.9 Å². The second-order valence-corrected chi connectivity index (χ2v) is 7.42. The fourth-order valence-corrected chi connectivity index (χ4v) is 3.08. The Morgan fingerprint density at radius 2 is 1.37 bits per heavy atom. The predicted octanol–water partition coefficient (Wildman–Crippen LogP) is 4.06. The monoisotopic (exact) mass is 388 g/mol. The summed E-state index contributed by atoms with van der Waals surface area (Å²) in [5, 5.41) is 26.7. The molecule has 6 nitrogen and oxygen atoms in total. The zero-order chi connectivity index (χ0) is 20.3. The summed E-state index contributed by atoms with van der Waals surface area (Å²) in [6, 6.07) is 0. The molecule has 0 radical (unpaired) electrons. The van der Waals surface area contributed by atoms with Gasteiger partial charge >= 0.3 is 11.9 Å². The van der Waals surface area contributed by atoms with Crippen LogP contribution in [0.2, 0.25) is 0 Å². The van der Waals surface area contributed by atoms with Crippen LogP contribution in [0, 0.1) is 5.92 Å². The summed E-state index contributed by atoms with van der Waals surface area (Å²) in [6.07, 6.45) is 12.6. The number of carboxylic acids is 1. The van der Waals surface area contributed by atoms with Gasteiger partial charge in [-0.1, -0.05) is 71.1 Å². The molecule has 0 fully saturated rings. The van der Waals surface area contributed by atoms with E-state index >= 15 is 0 Å².